The van der Waals surface area contributed by atoms with E-state index in [0.29, 0.717) is 19.4 Å². The smallest absolute Gasteiger partial charge is 0.325 e. The zero-order valence-corrected chi connectivity index (χ0v) is 23.2. The van der Waals surface area contributed by atoms with Gasteiger partial charge in [0, 0.05) is 23.9 Å². The first-order valence-electron chi connectivity index (χ1n) is 11.9. The molecule has 12 nitrogen and oxygen atoms in total. The predicted octanol–water partition coefficient (Wildman–Crippen LogP) is 2.18. The van der Waals surface area contributed by atoms with E-state index in [1.807, 2.05) is 31.2 Å². The van der Waals surface area contributed by atoms with Crippen LogP contribution in [0.15, 0.2) is 52.4 Å². The number of amides is 1. The Morgan fingerprint density at radius 1 is 1.08 bits per heavy atom. The summed E-state index contributed by atoms with van der Waals surface area (Å²) in [6.45, 7) is 4.11. The first kappa shape index (κ1) is 34.5. The Kier molecular flexibility index (Phi) is 16.3. The standard InChI is InChI=1S/C24H35N5O5S.ClH.N2/c1-3-5-15-29(17-22(30)34-4-2)23(31)21(11-8-14-27-24(25)26)28-35(32,33)20-13-12-18-9-6-7-10-19(18)16-20;;1-2/h6-7,9-10,12-13,16,21,28H,3-5,8,11,14-15,17H2,1-2H3,(H4,25,26,27);1H;/t21-;;/m0../s1. The van der Waals surface area contributed by atoms with Gasteiger partial charge in [-0.2, -0.15) is 4.72 Å². The van der Waals surface area contributed by atoms with E-state index in [0.717, 1.165) is 17.2 Å². The SMILES string of the molecule is CCCCN(CC(=O)OCC)C(=O)[C@H](CCCN=C(N)N)NS(=O)(=O)c1ccc2ccccc2c1.Cl.N#N. The number of sulfonamides is 1. The molecule has 0 unspecified atom stereocenters. The summed E-state index contributed by atoms with van der Waals surface area (Å²) in [5.41, 5.74) is 10.7. The molecule has 0 spiro atoms. The number of rotatable bonds is 14. The highest BCUT2D eigenvalue weighted by Crippen LogP contribution is 2.20. The molecule has 1 amide bonds. The third-order valence-corrected chi connectivity index (χ3v) is 6.76. The maximum Gasteiger partial charge on any atom is 0.325 e. The lowest BCUT2D eigenvalue weighted by Crippen LogP contribution is -2.50. The molecule has 2 rings (SSSR count). The van der Waals surface area contributed by atoms with Crippen LogP contribution in [0, 0.1) is 10.8 Å². The number of guanidine groups is 1. The number of nitrogens with one attached hydrogen (secondary N) is 1. The highest BCUT2D eigenvalue weighted by Gasteiger charge is 2.30. The molecule has 0 saturated carbocycles. The van der Waals surface area contributed by atoms with Gasteiger partial charge in [0.05, 0.1) is 11.5 Å². The number of esters is 1. The first-order valence-corrected chi connectivity index (χ1v) is 13.4. The van der Waals surface area contributed by atoms with E-state index in [-0.39, 0.29) is 49.4 Å². The minimum absolute atomic E-state index is 0. The number of fused-ring (bicyclic) bond motifs is 1. The second-order valence-electron chi connectivity index (χ2n) is 8.05. The van der Waals surface area contributed by atoms with E-state index in [9.17, 15) is 18.0 Å². The summed E-state index contributed by atoms with van der Waals surface area (Å²) in [5.74, 6) is -1.13. The third kappa shape index (κ3) is 11.3. The molecular weight excluding hydrogens is 534 g/mol. The lowest BCUT2D eigenvalue weighted by atomic mass is 10.1. The van der Waals surface area contributed by atoms with Crippen LogP contribution in [0.25, 0.3) is 10.8 Å². The zero-order chi connectivity index (χ0) is 27.8. The zero-order valence-electron chi connectivity index (χ0n) is 21.6. The van der Waals surface area contributed by atoms with Gasteiger partial charge < -0.3 is 21.1 Å². The molecule has 14 heteroatoms. The fraction of sp³-hybridized carbons (Fsp3) is 0.458. The van der Waals surface area contributed by atoms with Gasteiger partial charge in [-0.1, -0.05) is 43.7 Å². The van der Waals surface area contributed by atoms with Crippen molar-refractivity contribution in [2.45, 2.75) is 50.5 Å². The number of carbonyl (C=O) groups excluding carboxylic acids is 2. The number of unbranched alkanes of at least 4 members (excludes halogenated alkanes) is 1. The minimum atomic E-state index is -4.04. The number of benzene rings is 2. The second-order valence-corrected chi connectivity index (χ2v) is 9.76. The fourth-order valence-corrected chi connectivity index (χ4v) is 4.78. The number of halogens is 1. The molecule has 2 aromatic carbocycles. The second kappa shape index (κ2) is 17.9. The van der Waals surface area contributed by atoms with E-state index in [4.69, 9.17) is 27.0 Å². The van der Waals surface area contributed by atoms with E-state index in [1.165, 1.54) is 11.0 Å². The molecule has 38 heavy (non-hydrogen) atoms. The van der Waals surface area contributed by atoms with Gasteiger partial charge in [-0.15, -0.1) is 12.4 Å². The van der Waals surface area contributed by atoms with Gasteiger partial charge in [-0.3, -0.25) is 14.6 Å². The first-order chi connectivity index (χ1) is 17.7. The van der Waals surface area contributed by atoms with Crippen molar-refractivity contribution in [3.63, 3.8) is 0 Å². The molecule has 0 aliphatic heterocycles. The van der Waals surface area contributed by atoms with Crippen LogP contribution in [0.1, 0.15) is 39.5 Å². The normalized spacial score (nSPS) is 11.3. The van der Waals surface area contributed by atoms with Crippen molar-refractivity contribution in [1.29, 1.82) is 10.8 Å². The van der Waals surface area contributed by atoms with Gasteiger partial charge in [0.25, 0.3) is 0 Å². The molecule has 5 N–H and O–H groups in total. The number of hydrogen-bond donors (Lipinski definition) is 3. The summed E-state index contributed by atoms with van der Waals surface area (Å²) >= 11 is 0. The largest absolute Gasteiger partial charge is 0.465 e. The summed E-state index contributed by atoms with van der Waals surface area (Å²) in [7, 11) is -4.04. The number of nitrogens with two attached hydrogens (primary N) is 2. The molecule has 0 bridgehead atoms. The Labute approximate surface area is 229 Å². The van der Waals surface area contributed by atoms with Gasteiger partial charge in [0.15, 0.2) is 5.96 Å². The number of nitrogens with zero attached hydrogens (tertiary/aromatic N) is 4. The van der Waals surface area contributed by atoms with Crippen molar-refractivity contribution in [2.24, 2.45) is 16.5 Å². The molecule has 0 heterocycles. The van der Waals surface area contributed by atoms with Gasteiger partial charge in [0.2, 0.25) is 15.9 Å². The van der Waals surface area contributed by atoms with E-state index in [1.54, 1.807) is 19.1 Å². The Bertz CT molecular complexity index is 1190. The van der Waals surface area contributed by atoms with Gasteiger partial charge in [-0.25, -0.2) is 8.42 Å². The monoisotopic (exact) mass is 569 g/mol. The molecular formula is C24H36ClN7O5S. The van der Waals surface area contributed by atoms with Crippen LogP contribution < -0.4 is 16.2 Å². The molecule has 210 valence electrons. The summed E-state index contributed by atoms with van der Waals surface area (Å²) in [6, 6.07) is 11.1. The van der Waals surface area contributed by atoms with Crippen molar-refractivity contribution in [1.82, 2.24) is 9.62 Å². The topological polar surface area (TPSA) is 205 Å². The highest BCUT2D eigenvalue weighted by molar-refractivity contribution is 7.89. The van der Waals surface area contributed by atoms with Crippen molar-refractivity contribution >= 4 is 51.0 Å². The van der Waals surface area contributed by atoms with Gasteiger partial charge in [0.1, 0.15) is 12.6 Å². The number of carbonyl (C=O) groups is 2. The van der Waals surface area contributed by atoms with E-state index in [2.05, 4.69) is 9.71 Å². The molecule has 1 atom stereocenters. The average molecular weight is 570 g/mol. The maximum atomic E-state index is 13.4. The summed E-state index contributed by atoms with van der Waals surface area (Å²) in [4.78, 5) is 30.9. The van der Waals surface area contributed by atoms with Crippen molar-refractivity contribution < 1.29 is 22.7 Å². The Balaban J connectivity index is 0.00000445. The van der Waals surface area contributed by atoms with E-state index < -0.39 is 27.9 Å². The van der Waals surface area contributed by atoms with Crippen LogP contribution >= 0.6 is 12.4 Å². The van der Waals surface area contributed by atoms with Crippen molar-refractivity contribution in [3.05, 3.63) is 42.5 Å². The summed E-state index contributed by atoms with van der Waals surface area (Å²) < 4.78 is 34.0. The highest BCUT2D eigenvalue weighted by atomic mass is 35.5. The van der Waals surface area contributed by atoms with Crippen LogP contribution in [-0.2, 0) is 24.3 Å². The Morgan fingerprint density at radius 3 is 2.34 bits per heavy atom. The Morgan fingerprint density at radius 2 is 1.74 bits per heavy atom. The predicted molar refractivity (Wildman–Crippen MR) is 147 cm³/mol. The van der Waals surface area contributed by atoms with Gasteiger partial charge in [-0.05, 0) is 49.1 Å². The molecule has 0 aliphatic rings. The van der Waals surface area contributed by atoms with Crippen LogP contribution in [0.4, 0.5) is 0 Å². The van der Waals surface area contributed by atoms with Crippen LogP contribution in [0.2, 0.25) is 0 Å². The molecule has 0 radical (unpaired) electrons. The molecule has 0 aliphatic carbocycles. The summed E-state index contributed by atoms with van der Waals surface area (Å²) in [6.07, 6.45) is 1.96. The quantitative estimate of drug-likeness (QED) is 0.1000. The number of hydrogen-bond acceptors (Lipinski definition) is 8. The van der Waals surface area contributed by atoms with Crippen LogP contribution in [-0.4, -0.2) is 63.4 Å². The lowest BCUT2D eigenvalue weighted by molar-refractivity contribution is -0.149. The number of aliphatic imine (C=N–C) groups is 1. The van der Waals surface area contributed by atoms with Gasteiger partial charge >= 0.3 is 5.97 Å². The number of ether oxygens (including phenoxy) is 1. The van der Waals surface area contributed by atoms with Crippen molar-refractivity contribution in [2.75, 3.05) is 26.2 Å². The fourth-order valence-electron chi connectivity index (χ4n) is 3.53. The molecule has 0 aromatic heterocycles. The lowest BCUT2D eigenvalue weighted by Gasteiger charge is -2.27. The maximum absolute atomic E-state index is 13.4. The third-order valence-electron chi connectivity index (χ3n) is 5.29. The van der Waals surface area contributed by atoms with Crippen LogP contribution in [0.3, 0.4) is 0 Å². The molecule has 0 fully saturated rings. The minimum Gasteiger partial charge on any atom is -0.465 e. The van der Waals surface area contributed by atoms with E-state index >= 15 is 0 Å². The average Bonchev–Trinajstić information content (AvgIpc) is 2.88. The van der Waals surface area contributed by atoms with Crippen molar-refractivity contribution in [3.8, 4) is 0 Å². The Hall–Kier alpha value is -3.47. The summed E-state index contributed by atoms with van der Waals surface area (Å²) in [5, 5.41) is 13.7. The van der Waals surface area contributed by atoms with Crippen LogP contribution in [0.5, 0.6) is 0 Å². The molecule has 2 aromatic rings. The molecule has 0 saturated heterocycles.